The molecule has 10 rings (SSSR count). The van der Waals surface area contributed by atoms with Crippen molar-refractivity contribution in [1.29, 1.82) is 0 Å². The minimum atomic E-state index is 0.646. The van der Waals surface area contributed by atoms with Crippen LogP contribution in [0.1, 0.15) is 0 Å². The third-order valence-corrected chi connectivity index (χ3v) is 10.3. The second kappa shape index (κ2) is 13.8. The van der Waals surface area contributed by atoms with Gasteiger partial charge < -0.3 is 4.57 Å². The average Bonchev–Trinajstić information content (AvgIpc) is 3.61. The van der Waals surface area contributed by atoms with E-state index in [2.05, 4.69) is 150 Å². The molecular formula is C51H34N4. The molecule has 4 heteroatoms. The Bertz CT molecular complexity index is 2880. The summed E-state index contributed by atoms with van der Waals surface area (Å²) in [5, 5.41) is 2.51. The molecule has 0 aliphatic heterocycles. The smallest absolute Gasteiger partial charge is 0.164 e. The Morgan fingerprint density at radius 1 is 0.255 bits per heavy atom. The summed E-state index contributed by atoms with van der Waals surface area (Å²) >= 11 is 0. The number of hydrogen-bond acceptors (Lipinski definition) is 3. The van der Waals surface area contributed by atoms with Gasteiger partial charge in [0.1, 0.15) is 0 Å². The van der Waals surface area contributed by atoms with Crippen LogP contribution in [0.15, 0.2) is 206 Å². The topological polar surface area (TPSA) is 43.6 Å². The lowest BCUT2D eigenvalue weighted by molar-refractivity contribution is 1.07. The van der Waals surface area contributed by atoms with E-state index < -0.39 is 0 Å². The highest BCUT2D eigenvalue weighted by Crippen LogP contribution is 2.36. The Balaban J connectivity index is 0.934. The summed E-state index contributed by atoms with van der Waals surface area (Å²) in [6.07, 6.45) is 0. The van der Waals surface area contributed by atoms with Crippen LogP contribution in [0.3, 0.4) is 0 Å². The lowest BCUT2D eigenvalue weighted by Crippen LogP contribution is -2.00. The number of benzene rings is 8. The monoisotopic (exact) mass is 702 g/mol. The van der Waals surface area contributed by atoms with Crippen molar-refractivity contribution in [1.82, 2.24) is 19.5 Å². The van der Waals surface area contributed by atoms with Crippen molar-refractivity contribution in [2.45, 2.75) is 0 Å². The zero-order valence-corrected chi connectivity index (χ0v) is 29.9. The molecule has 0 amide bonds. The van der Waals surface area contributed by atoms with Crippen LogP contribution in [0.5, 0.6) is 0 Å². The summed E-state index contributed by atoms with van der Waals surface area (Å²) < 4.78 is 2.36. The first-order valence-corrected chi connectivity index (χ1v) is 18.5. The van der Waals surface area contributed by atoms with Crippen molar-refractivity contribution < 1.29 is 0 Å². The number of aromatic nitrogens is 4. The molecule has 10 aromatic rings. The number of nitrogens with zero attached hydrogens (tertiary/aromatic N) is 4. The summed E-state index contributed by atoms with van der Waals surface area (Å²) in [7, 11) is 0. The first-order chi connectivity index (χ1) is 27.2. The van der Waals surface area contributed by atoms with E-state index >= 15 is 0 Å². The number of fused-ring (bicyclic) bond motifs is 3. The van der Waals surface area contributed by atoms with Crippen molar-refractivity contribution in [2.24, 2.45) is 0 Å². The van der Waals surface area contributed by atoms with Crippen LogP contribution in [-0.4, -0.2) is 19.5 Å². The summed E-state index contributed by atoms with van der Waals surface area (Å²) in [6, 6.07) is 72.4. The zero-order valence-electron chi connectivity index (χ0n) is 29.9. The molecule has 0 aliphatic carbocycles. The molecular weight excluding hydrogens is 669 g/mol. The summed E-state index contributed by atoms with van der Waals surface area (Å²) in [5.41, 5.74) is 13.4. The van der Waals surface area contributed by atoms with Crippen LogP contribution >= 0.6 is 0 Å². The molecule has 0 fully saturated rings. The first kappa shape index (κ1) is 32.2. The number of para-hydroxylation sites is 2. The van der Waals surface area contributed by atoms with Crippen LogP contribution < -0.4 is 0 Å². The summed E-state index contributed by atoms with van der Waals surface area (Å²) in [5.74, 6) is 1.95. The van der Waals surface area contributed by atoms with E-state index in [1.165, 1.54) is 49.7 Å². The van der Waals surface area contributed by atoms with Gasteiger partial charge in [0, 0.05) is 33.2 Å². The van der Waals surface area contributed by atoms with Gasteiger partial charge in [-0.2, -0.15) is 0 Å². The third kappa shape index (κ3) is 6.16. The van der Waals surface area contributed by atoms with Gasteiger partial charge in [-0.3, -0.25) is 0 Å². The van der Waals surface area contributed by atoms with Gasteiger partial charge in [0.05, 0.1) is 11.0 Å². The fourth-order valence-corrected chi connectivity index (χ4v) is 7.49. The van der Waals surface area contributed by atoms with Gasteiger partial charge in [-0.15, -0.1) is 0 Å². The first-order valence-electron chi connectivity index (χ1n) is 18.5. The lowest BCUT2D eigenvalue weighted by Gasteiger charge is -2.10. The minimum absolute atomic E-state index is 0.646. The van der Waals surface area contributed by atoms with Crippen LogP contribution in [0.25, 0.3) is 95.0 Å². The summed E-state index contributed by atoms with van der Waals surface area (Å²) in [6.45, 7) is 0. The molecule has 8 aromatic carbocycles. The molecule has 0 unspecified atom stereocenters. The molecule has 0 saturated carbocycles. The summed E-state index contributed by atoms with van der Waals surface area (Å²) in [4.78, 5) is 14.7. The highest BCUT2D eigenvalue weighted by atomic mass is 15.0. The van der Waals surface area contributed by atoms with E-state index in [0.717, 1.165) is 27.8 Å². The molecule has 258 valence electrons. The predicted octanol–water partition coefficient (Wildman–Crippen LogP) is 13.0. The normalized spacial score (nSPS) is 11.3. The van der Waals surface area contributed by atoms with E-state index in [4.69, 9.17) is 15.0 Å². The molecule has 0 bridgehead atoms. The van der Waals surface area contributed by atoms with Gasteiger partial charge in [0.2, 0.25) is 0 Å². The lowest BCUT2D eigenvalue weighted by atomic mass is 9.97. The number of rotatable bonds is 7. The van der Waals surface area contributed by atoms with Crippen LogP contribution in [0.2, 0.25) is 0 Å². The zero-order chi connectivity index (χ0) is 36.6. The van der Waals surface area contributed by atoms with Gasteiger partial charge in [0.15, 0.2) is 17.5 Å². The average molecular weight is 703 g/mol. The molecule has 0 aliphatic rings. The predicted molar refractivity (Wildman–Crippen MR) is 227 cm³/mol. The SMILES string of the molecule is c1ccc(-c2nc(-c3ccccc3)nc(-c3cccc(-c4ccc(-c5ccc(-c6ccc7c(c6)c6ccccc6n7-c6ccccc6)cc5)cc4)c3)n2)cc1. The fraction of sp³-hybridized carbons (Fsp3) is 0. The second-order valence-corrected chi connectivity index (χ2v) is 13.7. The maximum atomic E-state index is 4.94. The molecule has 0 spiro atoms. The highest BCUT2D eigenvalue weighted by molar-refractivity contribution is 6.10. The maximum absolute atomic E-state index is 4.94. The number of hydrogen-bond donors (Lipinski definition) is 0. The van der Waals surface area contributed by atoms with Crippen molar-refractivity contribution >= 4 is 21.8 Å². The molecule has 0 atom stereocenters. The van der Waals surface area contributed by atoms with E-state index in [1.807, 2.05) is 60.7 Å². The maximum Gasteiger partial charge on any atom is 0.164 e. The van der Waals surface area contributed by atoms with Gasteiger partial charge >= 0.3 is 0 Å². The largest absolute Gasteiger partial charge is 0.309 e. The van der Waals surface area contributed by atoms with Crippen molar-refractivity contribution in [3.63, 3.8) is 0 Å². The standard InChI is InChI=1S/C51H34N4/c1-4-13-39(14-5-1)49-52-50(40-15-6-2-7-16-40)54-51(53-49)43-18-12-17-41(33-43)37-27-23-35(24-28-37)36-25-29-38(30-26-36)42-31-32-48-46(34-42)45-21-10-11-22-47(45)55(48)44-19-8-3-9-20-44/h1-34H. The molecule has 55 heavy (non-hydrogen) atoms. The minimum Gasteiger partial charge on any atom is -0.309 e. The Hall–Kier alpha value is -7.43. The molecule has 0 N–H and O–H groups in total. The van der Waals surface area contributed by atoms with E-state index in [9.17, 15) is 0 Å². The van der Waals surface area contributed by atoms with Crippen molar-refractivity contribution in [3.05, 3.63) is 206 Å². The Labute approximate surface area is 319 Å². The molecule has 0 radical (unpaired) electrons. The Kier molecular flexibility index (Phi) is 8.12. The van der Waals surface area contributed by atoms with Gasteiger partial charge in [-0.25, -0.2) is 15.0 Å². The molecule has 0 saturated heterocycles. The molecule has 2 aromatic heterocycles. The van der Waals surface area contributed by atoms with Gasteiger partial charge in [-0.05, 0) is 69.8 Å². The van der Waals surface area contributed by atoms with Crippen LogP contribution in [0.4, 0.5) is 0 Å². The van der Waals surface area contributed by atoms with Crippen LogP contribution in [-0.2, 0) is 0 Å². The Morgan fingerprint density at radius 3 is 1.24 bits per heavy atom. The van der Waals surface area contributed by atoms with Crippen molar-refractivity contribution in [2.75, 3.05) is 0 Å². The molecule has 2 heterocycles. The quantitative estimate of drug-likeness (QED) is 0.166. The van der Waals surface area contributed by atoms with Crippen molar-refractivity contribution in [3.8, 4) is 73.2 Å². The molecule has 4 nitrogen and oxygen atoms in total. The van der Waals surface area contributed by atoms with E-state index in [0.29, 0.717) is 17.5 Å². The van der Waals surface area contributed by atoms with Gasteiger partial charge in [0.25, 0.3) is 0 Å². The highest BCUT2D eigenvalue weighted by Gasteiger charge is 2.15. The van der Waals surface area contributed by atoms with Crippen LogP contribution in [0, 0.1) is 0 Å². The Morgan fingerprint density at radius 2 is 0.655 bits per heavy atom. The van der Waals surface area contributed by atoms with E-state index in [-0.39, 0.29) is 0 Å². The fourth-order valence-electron chi connectivity index (χ4n) is 7.49. The van der Waals surface area contributed by atoms with E-state index in [1.54, 1.807) is 0 Å². The second-order valence-electron chi connectivity index (χ2n) is 13.7. The third-order valence-electron chi connectivity index (χ3n) is 10.3. The van der Waals surface area contributed by atoms with Gasteiger partial charge in [-0.1, -0.05) is 170 Å².